The van der Waals surface area contributed by atoms with E-state index < -0.39 is 0 Å². The van der Waals surface area contributed by atoms with E-state index in [2.05, 4.69) is 5.32 Å². The quantitative estimate of drug-likeness (QED) is 0.843. The summed E-state index contributed by atoms with van der Waals surface area (Å²) in [5.41, 5.74) is 3.26. The maximum absolute atomic E-state index is 6.16. The molecule has 1 N–H and O–H groups in total. The molecule has 0 radical (unpaired) electrons. The molecule has 110 valence electrons. The Morgan fingerprint density at radius 2 is 1.76 bits per heavy atom. The van der Waals surface area contributed by atoms with E-state index in [4.69, 9.17) is 27.9 Å². The van der Waals surface area contributed by atoms with Gasteiger partial charge in [0.25, 0.3) is 0 Å². The van der Waals surface area contributed by atoms with Gasteiger partial charge in [-0.15, -0.1) is 0 Å². The second-order valence-corrected chi connectivity index (χ2v) is 6.17. The lowest BCUT2D eigenvalue weighted by molar-refractivity contribution is 0.416. The lowest BCUT2D eigenvalue weighted by Gasteiger charge is -2.14. The zero-order valence-corrected chi connectivity index (χ0v) is 13.3. The topological polar surface area (TPSA) is 21.3 Å². The lowest BCUT2D eigenvalue weighted by atomic mass is 9.98. The summed E-state index contributed by atoms with van der Waals surface area (Å²) in [4.78, 5) is 0. The number of methoxy groups -OCH3 is 1. The second-order valence-electron chi connectivity index (χ2n) is 5.30. The summed E-state index contributed by atoms with van der Waals surface area (Å²) in [5.74, 6) is 0.814. The molecule has 0 aliphatic heterocycles. The van der Waals surface area contributed by atoms with Crippen LogP contribution in [0.15, 0.2) is 36.4 Å². The van der Waals surface area contributed by atoms with Gasteiger partial charge in [0.2, 0.25) is 0 Å². The zero-order chi connectivity index (χ0) is 14.8. The van der Waals surface area contributed by atoms with E-state index in [1.165, 1.54) is 12.8 Å². The average molecular weight is 322 g/mol. The van der Waals surface area contributed by atoms with Crippen LogP contribution in [0.2, 0.25) is 10.0 Å². The van der Waals surface area contributed by atoms with Crippen LogP contribution in [0.5, 0.6) is 5.75 Å². The van der Waals surface area contributed by atoms with Crippen molar-refractivity contribution in [1.82, 2.24) is 5.32 Å². The third-order valence-corrected chi connectivity index (χ3v) is 4.15. The number of halogens is 2. The van der Waals surface area contributed by atoms with Gasteiger partial charge in [-0.25, -0.2) is 0 Å². The summed E-state index contributed by atoms with van der Waals surface area (Å²) >= 11 is 12.3. The maximum atomic E-state index is 6.16. The summed E-state index contributed by atoms with van der Waals surface area (Å²) in [6.07, 6.45) is 2.52. The van der Waals surface area contributed by atoms with Crippen LogP contribution in [0.4, 0.5) is 0 Å². The van der Waals surface area contributed by atoms with Gasteiger partial charge in [0.05, 0.1) is 7.11 Å². The minimum atomic E-state index is 0.651. The number of hydrogen-bond donors (Lipinski definition) is 1. The number of hydrogen-bond acceptors (Lipinski definition) is 2. The molecular formula is C17H17Cl2NO. The predicted octanol–water partition coefficient (Wildman–Crippen LogP) is 4.92. The van der Waals surface area contributed by atoms with Gasteiger partial charge in [0.1, 0.15) is 5.75 Å². The molecule has 0 unspecified atom stereocenters. The third-order valence-electron chi connectivity index (χ3n) is 3.68. The molecule has 1 aliphatic rings. The fourth-order valence-electron chi connectivity index (χ4n) is 2.40. The van der Waals surface area contributed by atoms with Crippen LogP contribution in [-0.2, 0) is 6.54 Å². The Bertz CT molecular complexity index is 653. The second kappa shape index (κ2) is 6.27. The van der Waals surface area contributed by atoms with Crippen molar-refractivity contribution >= 4 is 23.2 Å². The normalized spacial score (nSPS) is 14.2. The molecule has 0 saturated heterocycles. The van der Waals surface area contributed by atoms with Gasteiger partial charge in [-0.2, -0.15) is 0 Å². The van der Waals surface area contributed by atoms with Gasteiger partial charge in [-0.05, 0) is 54.3 Å². The molecule has 3 rings (SSSR count). The Hall–Kier alpha value is -1.22. The van der Waals surface area contributed by atoms with Gasteiger partial charge in [0.15, 0.2) is 0 Å². The van der Waals surface area contributed by atoms with Gasteiger partial charge in [0, 0.05) is 28.2 Å². The van der Waals surface area contributed by atoms with E-state index in [-0.39, 0.29) is 0 Å². The summed E-state index contributed by atoms with van der Waals surface area (Å²) in [6, 6.07) is 12.2. The third kappa shape index (κ3) is 3.52. The van der Waals surface area contributed by atoms with Crippen molar-refractivity contribution in [3.63, 3.8) is 0 Å². The van der Waals surface area contributed by atoms with Crippen molar-refractivity contribution in [2.24, 2.45) is 0 Å². The largest absolute Gasteiger partial charge is 0.496 e. The Morgan fingerprint density at radius 1 is 1.05 bits per heavy atom. The highest BCUT2D eigenvalue weighted by Gasteiger charge is 2.21. The van der Waals surface area contributed by atoms with Gasteiger partial charge in [-0.3, -0.25) is 0 Å². The van der Waals surface area contributed by atoms with Crippen molar-refractivity contribution in [2.45, 2.75) is 25.4 Å². The smallest absolute Gasteiger partial charge is 0.126 e. The van der Waals surface area contributed by atoms with Crippen LogP contribution >= 0.6 is 23.2 Å². The van der Waals surface area contributed by atoms with Gasteiger partial charge >= 0.3 is 0 Å². The molecule has 1 saturated carbocycles. The molecule has 0 atom stereocenters. The predicted molar refractivity (Wildman–Crippen MR) is 88.3 cm³/mol. The molecule has 0 bridgehead atoms. The molecule has 21 heavy (non-hydrogen) atoms. The molecule has 1 aliphatic carbocycles. The van der Waals surface area contributed by atoms with Crippen LogP contribution in [0.25, 0.3) is 11.1 Å². The Morgan fingerprint density at radius 3 is 2.48 bits per heavy atom. The highest BCUT2D eigenvalue weighted by molar-refractivity contribution is 6.31. The Labute approximate surface area is 135 Å². The van der Waals surface area contributed by atoms with Crippen LogP contribution in [0.3, 0.4) is 0 Å². The van der Waals surface area contributed by atoms with Crippen molar-refractivity contribution in [3.05, 3.63) is 52.0 Å². The molecule has 2 nitrogen and oxygen atoms in total. The van der Waals surface area contributed by atoms with Gasteiger partial charge in [-0.1, -0.05) is 29.3 Å². The summed E-state index contributed by atoms with van der Waals surface area (Å²) in [7, 11) is 1.67. The van der Waals surface area contributed by atoms with Crippen LogP contribution in [0.1, 0.15) is 18.4 Å². The number of rotatable bonds is 5. The fourth-order valence-corrected chi connectivity index (χ4v) is 2.77. The maximum Gasteiger partial charge on any atom is 0.126 e. The van der Waals surface area contributed by atoms with E-state index in [0.717, 1.165) is 34.0 Å². The monoisotopic (exact) mass is 321 g/mol. The van der Waals surface area contributed by atoms with Crippen LogP contribution in [-0.4, -0.2) is 13.2 Å². The van der Waals surface area contributed by atoms with E-state index >= 15 is 0 Å². The van der Waals surface area contributed by atoms with Gasteiger partial charge < -0.3 is 10.1 Å². The first-order valence-corrected chi connectivity index (χ1v) is 7.78. The fraction of sp³-hybridized carbons (Fsp3) is 0.294. The standard InChI is InChI=1S/C17H17Cl2NO/c1-21-17-7-3-13(19)9-16(17)15-6-2-12(18)8-11(15)10-20-14-4-5-14/h2-3,6-9,14,20H,4-5,10H2,1H3. The molecule has 1 fully saturated rings. The summed E-state index contributed by atoms with van der Waals surface area (Å²) in [6.45, 7) is 0.802. The summed E-state index contributed by atoms with van der Waals surface area (Å²) in [5, 5.41) is 4.97. The van der Waals surface area contributed by atoms with Crippen LogP contribution < -0.4 is 10.1 Å². The SMILES string of the molecule is COc1ccc(Cl)cc1-c1ccc(Cl)cc1CNC1CC1. The molecule has 2 aromatic rings. The van der Waals surface area contributed by atoms with E-state index in [1.807, 2.05) is 36.4 Å². The summed E-state index contributed by atoms with van der Waals surface area (Å²) < 4.78 is 5.47. The first kappa shape index (κ1) is 14.7. The molecule has 0 amide bonds. The van der Waals surface area contributed by atoms with Crippen molar-refractivity contribution < 1.29 is 4.74 Å². The van der Waals surface area contributed by atoms with Crippen molar-refractivity contribution in [1.29, 1.82) is 0 Å². The number of benzene rings is 2. The average Bonchev–Trinajstić information content (AvgIpc) is 3.29. The Balaban J connectivity index is 2.01. The molecule has 0 spiro atoms. The lowest BCUT2D eigenvalue weighted by Crippen LogP contribution is -2.16. The van der Waals surface area contributed by atoms with E-state index in [1.54, 1.807) is 7.11 Å². The highest BCUT2D eigenvalue weighted by atomic mass is 35.5. The Kier molecular flexibility index (Phi) is 4.39. The minimum absolute atomic E-state index is 0.651. The molecule has 4 heteroatoms. The van der Waals surface area contributed by atoms with E-state index in [0.29, 0.717) is 11.1 Å². The molecule has 0 heterocycles. The first-order valence-electron chi connectivity index (χ1n) is 7.03. The highest BCUT2D eigenvalue weighted by Crippen LogP contribution is 2.36. The zero-order valence-electron chi connectivity index (χ0n) is 11.8. The van der Waals surface area contributed by atoms with E-state index in [9.17, 15) is 0 Å². The van der Waals surface area contributed by atoms with Crippen LogP contribution in [0, 0.1) is 0 Å². The number of nitrogens with one attached hydrogen (secondary N) is 1. The van der Waals surface area contributed by atoms with Crippen molar-refractivity contribution in [2.75, 3.05) is 7.11 Å². The van der Waals surface area contributed by atoms with Crippen molar-refractivity contribution in [3.8, 4) is 16.9 Å². The minimum Gasteiger partial charge on any atom is -0.496 e. The molecule has 2 aromatic carbocycles. The number of ether oxygens (including phenoxy) is 1. The first-order chi connectivity index (χ1) is 10.2. The molecule has 0 aromatic heterocycles. The molecular weight excluding hydrogens is 305 g/mol.